The molecule has 0 spiro atoms. The van der Waals surface area contributed by atoms with E-state index in [1.165, 1.54) is 18.2 Å². The molecule has 2 aromatic rings. The highest BCUT2D eigenvalue weighted by molar-refractivity contribution is 5.94. The Morgan fingerprint density at radius 2 is 1.96 bits per heavy atom. The first-order chi connectivity index (χ1) is 11.9. The van der Waals surface area contributed by atoms with Crippen molar-refractivity contribution in [3.05, 3.63) is 47.8 Å². The van der Waals surface area contributed by atoms with Crippen molar-refractivity contribution < 1.29 is 24.5 Å². The van der Waals surface area contributed by atoms with E-state index in [1.807, 2.05) is 0 Å². The molecule has 1 fully saturated rings. The molecule has 1 atom stereocenters. The summed E-state index contributed by atoms with van der Waals surface area (Å²) in [5.41, 5.74) is -0.0816. The van der Waals surface area contributed by atoms with Crippen molar-refractivity contribution in [3.8, 4) is 11.3 Å². The summed E-state index contributed by atoms with van der Waals surface area (Å²) >= 11 is 0. The second-order valence-electron chi connectivity index (χ2n) is 6.29. The number of aliphatic hydroxyl groups is 2. The van der Waals surface area contributed by atoms with Gasteiger partial charge in [-0.3, -0.25) is 0 Å². The van der Waals surface area contributed by atoms with Crippen LogP contribution in [0.4, 0.5) is 10.2 Å². The molecule has 1 saturated heterocycles. The average molecular weight is 346 g/mol. The van der Waals surface area contributed by atoms with E-state index in [0.717, 1.165) is 0 Å². The van der Waals surface area contributed by atoms with E-state index in [2.05, 4.69) is 4.98 Å². The van der Waals surface area contributed by atoms with Crippen molar-refractivity contribution >= 4 is 11.8 Å². The summed E-state index contributed by atoms with van der Waals surface area (Å²) in [6, 6.07) is 8.79. The molecule has 0 bridgehead atoms. The minimum Gasteiger partial charge on any atom is -0.478 e. The van der Waals surface area contributed by atoms with Gasteiger partial charge in [-0.1, -0.05) is 0 Å². The van der Waals surface area contributed by atoms with Crippen LogP contribution >= 0.6 is 0 Å². The molecule has 132 valence electrons. The number of aliphatic hydroxyl groups excluding tert-OH is 1. The number of pyridine rings is 1. The Bertz CT molecular complexity index is 781. The number of piperidine rings is 1. The Balaban J connectivity index is 2.02. The van der Waals surface area contributed by atoms with Crippen LogP contribution < -0.4 is 4.90 Å². The third-order valence-electron chi connectivity index (χ3n) is 4.39. The number of rotatable bonds is 4. The number of halogens is 1. The number of hydrogen-bond acceptors (Lipinski definition) is 5. The number of benzene rings is 1. The van der Waals surface area contributed by atoms with Gasteiger partial charge in [-0.05, 0) is 49.2 Å². The number of nitrogens with zero attached hydrogens (tertiary/aromatic N) is 2. The lowest BCUT2D eigenvalue weighted by atomic mass is 9.93. The summed E-state index contributed by atoms with van der Waals surface area (Å²) < 4.78 is 13.1. The maximum Gasteiger partial charge on any atom is 0.339 e. The first-order valence-electron chi connectivity index (χ1n) is 8.00. The largest absolute Gasteiger partial charge is 0.478 e. The van der Waals surface area contributed by atoms with Crippen LogP contribution in [-0.2, 0) is 0 Å². The van der Waals surface area contributed by atoms with Gasteiger partial charge in [0.05, 0.1) is 18.8 Å². The molecule has 6 nitrogen and oxygen atoms in total. The molecule has 7 heteroatoms. The monoisotopic (exact) mass is 346 g/mol. The van der Waals surface area contributed by atoms with Crippen LogP contribution in [0.2, 0.25) is 0 Å². The van der Waals surface area contributed by atoms with Crippen LogP contribution in [0.1, 0.15) is 23.2 Å². The predicted molar refractivity (Wildman–Crippen MR) is 90.1 cm³/mol. The number of β-amino-alcohol motifs (C(OH)–C–C–N with tert-alkyl or cyclic N) is 1. The van der Waals surface area contributed by atoms with Crippen molar-refractivity contribution in [2.75, 3.05) is 24.6 Å². The van der Waals surface area contributed by atoms with Gasteiger partial charge in [0.2, 0.25) is 0 Å². The number of hydrogen-bond donors (Lipinski definition) is 3. The van der Waals surface area contributed by atoms with Crippen LogP contribution in [-0.4, -0.2) is 51.6 Å². The number of carboxylic acid groups (broad SMARTS) is 1. The maximum atomic E-state index is 13.1. The summed E-state index contributed by atoms with van der Waals surface area (Å²) in [6.07, 6.45) is 1.05. The van der Waals surface area contributed by atoms with E-state index in [4.69, 9.17) is 0 Å². The summed E-state index contributed by atoms with van der Waals surface area (Å²) in [7, 11) is 0. The second kappa shape index (κ2) is 6.78. The topological polar surface area (TPSA) is 93.9 Å². The van der Waals surface area contributed by atoms with Crippen molar-refractivity contribution in [2.45, 2.75) is 18.4 Å². The number of aromatic nitrogens is 1. The molecule has 1 aromatic carbocycles. The summed E-state index contributed by atoms with van der Waals surface area (Å²) in [5, 5.41) is 29.2. The molecule has 25 heavy (non-hydrogen) atoms. The third-order valence-corrected chi connectivity index (χ3v) is 4.39. The van der Waals surface area contributed by atoms with E-state index in [9.17, 15) is 24.5 Å². The Kier molecular flexibility index (Phi) is 4.69. The van der Waals surface area contributed by atoms with Crippen LogP contribution in [0.25, 0.3) is 11.3 Å². The van der Waals surface area contributed by atoms with Gasteiger partial charge in [-0.2, -0.15) is 0 Å². The SMILES string of the molecule is O=C(O)c1ccc(-c2ccc(F)cc2)nc1N1CCC[C@](O)(CO)C1. The first kappa shape index (κ1) is 17.3. The Morgan fingerprint density at radius 3 is 2.60 bits per heavy atom. The zero-order valence-electron chi connectivity index (χ0n) is 13.5. The zero-order valence-corrected chi connectivity index (χ0v) is 13.5. The van der Waals surface area contributed by atoms with Gasteiger partial charge in [0.1, 0.15) is 22.8 Å². The highest BCUT2D eigenvalue weighted by Crippen LogP contribution is 2.29. The van der Waals surface area contributed by atoms with Crippen molar-refractivity contribution in [3.63, 3.8) is 0 Å². The first-order valence-corrected chi connectivity index (χ1v) is 8.00. The van der Waals surface area contributed by atoms with Crippen molar-refractivity contribution in [1.29, 1.82) is 0 Å². The second-order valence-corrected chi connectivity index (χ2v) is 6.29. The fraction of sp³-hybridized carbons (Fsp3) is 0.333. The van der Waals surface area contributed by atoms with Gasteiger partial charge in [0.25, 0.3) is 0 Å². The Morgan fingerprint density at radius 1 is 1.24 bits per heavy atom. The number of aromatic carboxylic acids is 1. The minimum absolute atomic E-state index is 0.0213. The Labute approximate surface area is 144 Å². The molecular formula is C18H19FN2O4. The molecule has 1 aliphatic rings. The van der Waals surface area contributed by atoms with Crippen LogP contribution in [0.15, 0.2) is 36.4 Å². The van der Waals surface area contributed by atoms with Gasteiger partial charge < -0.3 is 20.2 Å². The van der Waals surface area contributed by atoms with E-state index in [0.29, 0.717) is 30.6 Å². The molecule has 0 unspecified atom stereocenters. The van der Waals surface area contributed by atoms with Crippen LogP contribution in [0.3, 0.4) is 0 Å². The molecule has 3 N–H and O–H groups in total. The molecule has 2 heterocycles. The fourth-order valence-corrected chi connectivity index (χ4v) is 3.06. The predicted octanol–water partition coefficient (Wildman–Crippen LogP) is 1.91. The fourth-order valence-electron chi connectivity index (χ4n) is 3.06. The number of carbonyl (C=O) groups is 1. The van der Waals surface area contributed by atoms with Gasteiger partial charge in [0, 0.05) is 12.1 Å². The van der Waals surface area contributed by atoms with Gasteiger partial charge in [-0.15, -0.1) is 0 Å². The van der Waals surface area contributed by atoms with Gasteiger partial charge in [-0.25, -0.2) is 14.2 Å². The highest BCUT2D eigenvalue weighted by atomic mass is 19.1. The normalized spacial score (nSPS) is 20.5. The molecule has 1 aliphatic heterocycles. The molecule has 0 amide bonds. The minimum atomic E-state index is -1.28. The summed E-state index contributed by atoms with van der Waals surface area (Å²) in [5.74, 6) is -1.25. The van der Waals surface area contributed by atoms with Crippen molar-refractivity contribution in [1.82, 2.24) is 4.98 Å². The van der Waals surface area contributed by atoms with Gasteiger partial charge in [0.15, 0.2) is 0 Å². The Hall–Kier alpha value is -2.51. The van der Waals surface area contributed by atoms with E-state index >= 15 is 0 Å². The molecule has 0 radical (unpaired) electrons. The van der Waals surface area contributed by atoms with E-state index in [1.54, 1.807) is 23.1 Å². The number of anilines is 1. The van der Waals surface area contributed by atoms with E-state index < -0.39 is 18.2 Å². The molecule has 3 rings (SSSR count). The third kappa shape index (κ3) is 3.62. The maximum absolute atomic E-state index is 13.1. The summed E-state index contributed by atoms with van der Waals surface area (Å²) in [4.78, 5) is 17.7. The number of carboxylic acids is 1. The summed E-state index contributed by atoms with van der Waals surface area (Å²) in [6.45, 7) is 0.232. The standard InChI is InChI=1S/C18H19FN2O4/c19-13-4-2-12(3-5-13)15-7-6-14(17(23)24)16(20-15)21-9-1-8-18(25,10-21)11-22/h2-7,22,25H,1,8-11H2,(H,23,24)/t18-/m1/s1. The van der Waals surface area contributed by atoms with Gasteiger partial charge >= 0.3 is 5.97 Å². The molecular weight excluding hydrogens is 327 g/mol. The van der Waals surface area contributed by atoms with Crippen molar-refractivity contribution in [2.24, 2.45) is 0 Å². The van der Waals surface area contributed by atoms with Crippen LogP contribution in [0, 0.1) is 5.82 Å². The average Bonchev–Trinajstić information content (AvgIpc) is 2.62. The molecule has 0 aliphatic carbocycles. The molecule has 0 saturated carbocycles. The highest BCUT2D eigenvalue weighted by Gasteiger charge is 2.34. The lowest BCUT2D eigenvalue weighted by Gasteiger charge is -2.39. The lowest BCUT2D eigenvalue weighted by Crippen LogP contribution is -2.51. The van der Waals surface area contributed by atoms with Crippen LogP contribution in [0.5, 0.6) is 0 Å². The smallest absolute Gasteiger partial charge is 0.339 e. The molecule has 1 aromatic heterocycles. The van der Waals surface area contributed by atoms with E-state index in [-0.39, 0.29) is 23.7 Å². The quantitative estimate of drug-likeness (QED) is 0.783. The zero-order chi connectivity index (χ0) is 18.0. The lowest BCUT2D eigenvalue weighted by molar-refractivity contribution is -0.0243.